The van der Waals surface area contributed by atoms with Crippen LogP contribution < -0.4 is 0 Å². The van der Waals surface area contributed by atoms with E-state index in [1.807, 2.05) is 0 Å². The lowest BCUT2D eigenvalue weighted by molar-refractivity contribution is -0.297. The molecule has 1 aliphatic heterocycles. The molecule has 4 N–H and O–H groups in total. The molecule has 1 aliphatic rings. The normalized spacial score (nSPS) is 20.7. The Hall–Kier alpha value is -2.65. The van der Waals surface area contributed by atoms with Crippen LogP contribution in [0.5, 0.6) is 0 Å². The molecule has 2 unspecified atom stereocenters. The van der Waals surface area contributed by atoms with E-state index in [2.05, 4.69) is 74.6 Å². The number of ether oxygens (including phenoxy) is 4. The second-order valence-corrected chi connectivity index (χ2v) is 17.2. The van der Waals surface area contributed by atoms with Crippen molar-refractivity contribution >= 4 is 22.1 Å². The zero-order valence-electron chi connectivity index (χ0n) is 36.8. The fraction of sp³-hybridized carbons (Fsp3) is 0.745. The number of unbranched alkanes of at least 4 members (excludes halogenated alkanes) is 15. The summed E-state index contributed by atoms with van der Waals surface area (Å²) in [7, 11) is -4.61. The van der Waals surface area contributed by atoms with Crippen molar-refractivity contribution in [1.29, 1.82) is 0 Å². The maximum absolute atomic E-state index is 12.8. The number of carbonyl (C=O) groups is 2. The summed E-state index contributed by atoms with van der Waals surface area (Å²) in [5.41, 5.74) is 0. The zero-order valence-corrected chi connectivity index (χ0v) is 37.6. The number of allylic oxidation sites excluding steroid dienone is 10. The van der Waals surface area contributed by atoms with Crippen LogP contribution in [0.15, 0.2) is 60.8 Å². The molecule has 0 amide bonds. The first-order valence-electron chi connectivity index (χ1n) is 22.8. The number of carbonyl (C=O) groups excluding carboxylic acids is 2. The van der Waals surface area contributed by atoms with E-state index in [9.17, 15) is 37.9 Å². The SMILES string of the molecule is CCCCC/C=C/C/C=C/C/C=C/CCCCC(=O)OC[C@H](CO[C@H]1O[C@H](CS(=O)(=O)O)[C@@H](O)C(O)C1O)OC(=O)CCCCCCCCC/C=C/C/C=C/CCCCC. The summed E-state index contributed by atoms with van der Waals surface area (Å²) in [4.78, 5) is 25.4. The summed E-state index contributed by atoms with van der Waals surface area (Å²) in [5.74, 6) is -2.05. The molecule has 0 radical (unpaired) electrons. The topological polar surface area (TPSA) is 186 Å². The van der Waals surface area contributed by atoms with E-state index in [1.54, 1.807) is 0 Å². The number of aliphatic hydroxyl groups excluding tert-OH is 3. The predicted octanol–water partition coefficient (Wildman–Crippen LogP) is 9.34. The van der Waals surface area contributed by atoms with Crippen molar-refractivity contribution < 1.29 is 56.8 Å². The minimum atomic E-state index is -4.61. The predicted molar refractivity (Wildman–Crippen MR) is 238 cm³/mol. The Balaban J connectivity index is 2.48. The summed E-state index contributed by atoms with van der Waals surface area (Å²) in [6, 6.07) is 0. The van der Waals surface area contributed by atoms with Gasteiger partial charge in [0.25, 0.3) is 10.1 Å². The van der Waals surface area contributed by atoms with E-state index in [0.717, 1.165) is 83.5 Å². The van der Waals surface area contributed by atoms with Gasteiger partial charge in [-0.1, -0.05) is 132 Å². The molecular weight excluding hydrogens is 789 g/mol. The van der Waals surface area contributed by atoms with E-state index >= 15 is 0 Å². The maximum Gasteiger partial charge on any atom is 0.306 e. The molecule has 346 valence electrons. The van der Waals surface area contributed by atoms with Crippen LogP contribution in [0, 0.1) is 0 Å². The van der Waals surface area contributed by atoms with Gasteiger partial charge in [-0.15, -0.1) is 0 Å². The van der Waals surface area contributed by atoms with Gasteiger partial charge < -0.3 is 34.3 Å². The molecule has 1 fully saturated rings. The van der Waals surface area contributed by atoms with Crippen molar-refractivity contribution in [1.82, 2.24) is 0 Å². The average Bonchev–Trinajstić information content (AvgIpc) is 3.21. The Morgan fingerprint density at radius 2 is 1.00 bits per heavy atom. The number of aliphatic hydroxyl groups is 3. The van der Waals surface area contributed by atoms with Crippen LogP contribution in [0.4, 0.5) is 0 Å². The highest BCUT2D eigenvalue weighted by molar-refractivity contribution is 7.85. The van der Waals surface area contributed by atoms with Crippen LogP contribution in [0.3, 0.4) is 0 Å². The molecule has 0 aromatic heterocycles. The first-order chi connectivity index (χ1) is 29.0. The molecule has 1 saturated heterocycles. The number of rotatable bonds is 37. The largest absolute Gasteiger partial charge is 0.462 e. The van der Waals surface area contributed by atoms with Crippen LogP contribution >= 0.6 is 0 Å². The third-order valence-electron chi connectivity index (χ3n) is 10.1. The first-order valence-corrected chi connectivity index (χ1v) is 24.5. The van der Waals surface area contributed by atoms with Gasteiger partial charge in [-0.25, -0.2) is 0 Å². The summed E-state index contributed by atoms with van der Waals surface area (Å²) >= 11 is 0. The van der Waals surface area contributed by atoms with Crippen molar-refractivity contribution in [2.24, 2.45) is 0 Å². The summed E-state index contributed by atoms with van der Waals surface area (Å²) in [6.45, 7) is 3.66. The van der Waals surface area contributed by atoms with Gasteiger partial charge in [0.2, 0.25) is 0 Å². The van der Waals surface area contributed by atoms with Crippen molar-refractivity contribution in [3.05, 3.63) is 60.8 Å². The molecule has 13 heteroatoms. The molecule has 0 saturated carbocycles. The Bertz CT molecular complexity index is 1340. The smallest absolute Gasteiger partial charge is 0.306 e. The van der Waals surface area contributed by atoms with E-state index in [4.69, 9.17) is 18.9 Å². The molecule has 0 aromatic rings. The summed E-state index contributed by atoms with van der Waals surface area (Å²) < 4.78 is 54.0. The standard InChI is InChI=1S/C47H80O12S/c1-3-5-7-9-11-13-15-17-19-20-22-24-26-28-30-32-34-36-43(49)58-40(38-57-47-46(52)45(51)44(50)41(59-47)39-60(53,54)55)37-56-42(48)35-33-31-29-27-25-23-21-18-16-14-12-10-8-6-4-2/h11-14,17-19,21,25,27,40-41,44-47,50-52H,3-10,15-16,20,22-24,26,28-39H2,1-2H3,(H,53,54,55)/b13-11+,14-12+,19-17+,21-18+,27-25+/t40-,41-,44-,45?,46?,47+/m1/s1. The Kier molecular flexibility index (Phi) is 34.1. The minimum absolute atomic E-state index is 0.145. The van der Waals surface area contributed by atoms with Gasteiger partial charge in [-0.3, -0.25) is 14.1 Å². The maximum atomic E-state index is 12.8. The molecule has 1 rings (SSSR count). The monoisotopic (exact) mass is 869 g/mol. The molecule has 0 aliphatic carbocycles. The van der Waals surface area contributed by atoms with Gasteiger partial charge in [-0.05, 0) is 83.5 Å². The third kappa shape index (κ3) is 31.2. The van der Waals surface area contributed by atoms with Crippen molar-refractivity contribution in [2.75, 3.05) is 19.0 Å². The molecule has 1 heterocycles. The van der Waals surface area contributed by atoms with Gasteiger partial charge in [-0.2, -0.15) is 8.42 Å². The second kappa shape index (κ2) is 37.0. The Morgan fingerprint density at radius 3 is 1.52 bits per heavy atom. The van der Waals surface area contributed by atoms with Crippen molar-refractivity contribution in [3.63, 3.8) is 0 Å². The number of esters is 2. The van der Waals surface area contributed by atoms with Gasteiger partial charge in [0.05, 0.1) is 6.61 Å². The van der Waals surface area contributed by atoms with Crippen LogP contribution in [-0.4, -0.2) is 96.0 Å². The lowest BCUT2D eigenvalue weighted by Gasteiger charge is -2.40. The van der Waals surface area contributed by atoms with Crippen molar-refractivity contribution in [2.45, 2.75) is 205 Å². The fourth-order valence-electron chi connectivity index (χ4n) is 6.48. The van der Waals surface area contributed by atoms with Crippen LogP contribution in [-0.2, 0) is 38.7 Å². The highest BCUT2D eigenvalue weighted by atomic mass is 32.2. The summed E-state index contributed by atoms with van der Waals surface area (Å²) in [5, 5.41) is 30.9. The van der Waals surface area contributed by atoms with Crippen LogP contribution in [0.2, 0.25) is 0 Å². The Morgan fingerprint density at radius 1 is 0.567 bits per heavy atom. The van der Waals surface area contributed by atoms with Gasteiger partial charge in [0.15, 0.2) is 12.4 Å². The van der Waals surface area contributed by atoms with E-state index in [-0.39, 0.29) is 19.4 Å². The molecule has 0 bridgehead atoms. The van der Waals surface area contributed by atoms with Gasteiger partial charge >= 0.3 is 11.9 Å². The lowest BCUT2D eigenvalue weighted by Crippen LogP contribution is -2.60. The molecule has 12 nitrogen and oxygen atoms in total. The molecular formula is C47H80O12S. The molecule has 0 aromatic carbocycles. The fourth-order valence-corrected chi connectivity index (χ4v) is 7.17. The lowest BCUT2D eigenvalue weighted by atomic mass is 10.00. The molecule has 0 spiro atoms. The van der Waals surface area contributed by atoms with Crippen LogP contribution in [0.25, 0.3) is 0 Å². The first kappa shape index (κ1) is 55.4. The summed E-state index contributed by atoms with van der Waals surface area (Å²) in [6.07, 6.45) is 35.5. The third-order valence-corrected chi connectivity index (χ3v) is 10.8. The van der Waals surface area contributed by atoms with Gasteiger partial charge in [0.1, 0.15) is 36.8 Å². The van der Waals surface area contributed by atoms with Gasteiger partial charge in [0, 0.05) is 12.8 Å². The molecule has 60 heavy (non-hydrogen) atoms. The highest BCUT2D eigenvalue weighted by Crippen LogP contribution is 2.24. The van der Waals surface area contributed by atoms with E-state index < -0.39 is 71.2 Å². The average molecular weight is 869 g/mol. The molecule has 6 atom stereocenters. The van der Waals surface area contributed by atoms with E-state index in [1.165, 1.54) is 44.9 Å². The minimum Gasteiger partial charge on any atom is -0.462 e. The van der Waals surface area contributed by atoms with Crippen LogP contribution in [0.1, 0.15) is 168 Å². The number of hydrogen-bond donors (Lipinski definition) is 4. The van der Waals surface area contributed by atoms with E-state index in [0.29, 0.717) is 12.8 Å². The second-order valence-electron chi connectivity index (χ2n) is 15.7. The van der Waals surface area contributed by atoms with Crippen molar-refractivity contribution in [3.8, 4) is 0 Å². The highest BCUT2D eigenvalue weighted by Gasteiger charge is 2.46. The Labute approximate surface area is 362 Å². The zero-order chi connectivity index (χ0) is 44.1. The number of hydrogen-bond acceptors (Lipinski definition) is 11. The quantitative estimate of drug-likeness (QED) is 0.0201.